The van der Waals surface area contributed by atoms with E-state index in [-0.39, 0.29) is 39.3 Å². The molecule has 0 fully saturated rings. The minimum Gasteiger partial charge on any atom is -0.508 e. The molecule has 8 heteroatoms. The third kappa shape index (κ3) is 3.82. The van der Waals surface area contributed by atoms with Crippen LogP contribution in [0.2, 0.25) is 0 Å². The topological polar surface area (TPSA) is 116 Å². The Morgan fingerprint density at radius 1 is 1.00 bits per heavy atom. The van der Waals surface area contributed by atoms with Crippen LogP contribution in [-0.2, 0) is 20.2 Å². The predicted octanol–water partition coefficient (Wildman–Crippen LogP) is 5.08. The molecule has 174 valence electrons. The number of sulfonamides is 1. The fourth-order valence-electron chi connectivity index (χ4n) is 4.76. The highest BCUT2D eigenvalue weighted by Crippen LogP contribution is 2.47. The number of aliphatic hydroxyl groups excluding tert-OH is 1. The molecule has 0 unspecified atom stereocenters. The first-order valence-corrected chi connectivity index (χ1v) is 12.7. The number of phenolic OH excluding ortho intramolecular Hbond substituents is 1. The summed E-state index contributed by atoms with van der Waals surface area (Å²) in [6, 6.07) is 11.2. The number of anilines is 1. The lowest BCUT2D eigenvalue weighted by Gasteiger charge is -2.39. The van der Waals surface area contributed by atoms with Gasteiger partial charge >= 0.3 is 0 Å². The van der Waals surface area contributed by atoms with Crippen molar-refractivity contribution in [2.45, 2.75) is 62.7 Å². The number of unbranched alkanes of at least 4 members (excludes halogenated alkanes) is 2. The summed E-state index contributed by atoms with van der Waals surface area (Å²) in [5.41, 5.74) is 0.522. The zero-order valence-electron chi connectivity index (χ0n) is 18.8. The van der Waals surface area contributed by atoms with Crippen LogP contribution in [0.4, 0.5) is 5.69 Å². The lowest BCUT2D eigenvalue weighted by atomic mass is 9.63. The van der Waals surface area contributed by atoms with E-state index in [1.807, 2.05) is 12.1 Å². The Bertz CT molecular complexity index is 1270. The molecular formula is C25H28N2O5S. The molecule has 7 nitrogen and oxygen atoms in total. The van der Waals surface area contributed by atoms with Gasteiger partial charge in [-0.05, 0) is 30.5 Å². The van der Waals surface area contributed by atoms with Crippen LogP contribution in [-0.4, -0.2) is 30.2 Å². The molecular weight excluding hydrogens is 440 g/mol. The number of hydrogen-bond acceptors (Lipinski definition) is 6. The van der Waals surface area contributed by atoms with Crippen LogP contribution < -0.4 is 5.32 Å². The van der Waals surface area contributed by atoms with E-state index < -0.39 is 15.4 Å². The number of phenols is 1. The first-order valence-electron chi connectivity index (χ1n) is 11.3. The smallest absolute Gasteiger partial charge is 0.286 e. The monoisotopic (exact) mass is 468 g/mol. The van der Waals surface area contributed by atoms with Gasteiger partial charge in [0.05, 0.1) is 11.1 Å². The molecule has 2 aromatic carbocycles. The predicted molar refractivity (Wildman–Crippen MR) is 128 cm³/mol. The molecule has 0 spiro atoms. The van der Waals surface area contributed by atoms with E-state index in [1.165, 1.54) is 12.1 Å². The number of amidine groups is 1. The minimum atomic E-state index is -4.19. The van der Waals surface area contributed by atoms with Crippen molar-refractivity contribution in [3.05, 3.63) is 59.2 Å². The number of Topliss-reactive ketones (excluding diaryl/α,β-unsaturated/α-hetero) is 1. The summed E-state index contributed by atoms with van der Waals surface area (Å²) < 4.78 is 29.6. The Kier molecular flexibility index (Phi) is 6.05. The minimum absolute atomic E-state index is 0.108. The van der Waals surface area contributed by atoms with Crippen molar-refractivity contribution in [2.24, 2.45) is 4.40 Å². The Morgan fingerprint density at radius 2 is 1.67 bits per heavy atom. The van der Waals surface area contributed by atoms with Gasteiger partial charge in [-0.25, -0.2) is 0 Å². The van der Waals surface area contributed by atoms with Gasteiger partial charge in [-0.15, -0.1) is 4.40 Å². The maximum atomic E-state index is 14.1. The summed E-state index contributed by atoms with van der Waals surface area (Å²) >= 11 is 0. The van der Waals surface area contributed by atoms with Crippen molar-refractivity contribution in [3.8, 4) is 5.75 Å². The van der Waals surface area contributed by atoms with E-state index in [1.54, 1.807) is 12.1 Å². The largest absolute Gasteiger partial charge is 0.508 e. The summed E-state index contributed by atoms with van der Waals surface area (Å²) in [6.45, 7) is 4.12. The molecule has 0 bridgehead atoms. The summed E-state index contributed by atoms with van der Waals surface area (Å²) in [5.74, 6) is -0.990. The Morgan fingerprint density at radius 3 is 2.33 bits per heavy atom. The number of aromatic hydroxyl groups is 1. The highest BCUT2D eigenvalue weighted by molar-refractivity contribution is 7.90. The summed E-state index contributed by atoms with van der Waals surface area (Å²) in [6.07, 6.45) is 4.63. The van der Waals surface area contributed by atoms with Crippen LogP contribution in [0.25, 0.3) is 5.76 Å². The highest BCUT2D eigenvalue weighted by Gasteiger charge is 2.48. The van der Waals surface area contributed by atoms with Crippen LogP contribution >= 0.6 is 0 Å². The third-order valence-corrected chi connectivity index (χ3v) is 7.77. The normalized spacial score (nSPS) is 18.2. The average molecular weight is 469 g/mol. The summed E-state index contributed by atoms with van der Waals surface area (Å²) in [4.78, 5) is 14.0. The third-order valence-electron chi connectivity index (χ3n) is 6.45. The van der Waals surface area contributed by atoms with Gasteiger partial charge in [0.25, 0.3) is 10.0 Å². The first kappa shape index (κ1) is 23.0. The van der Waals surface area contributed by atoms with Crippen LogP contribution in [0.15, 0.2) is 57.3 Å². The number of carbonyl (C=O) groups is 1. The SMILES string of the molecule is CCCCC1(CCCC)C(=O)C(C2=NS(=O)(=O)c3cc(O)ccc3N2)=C(O)c2ccccc21. The second-order valence-electron chi connectivity index (χ2n) is 8.61. The van der Waals surface area contributed by atoms with E-state index in [2.05, 4.69) is 23.6 Å². The van der Waals surface area contributed by atoms with Crippen LogP contribution in [0, 0.1) is 0 Å². The molecule has 0 radical (unpaired) electrons. The number of rotatable bonds is 7. The summed E-state index contributed by atoms with van der Waals surface area (Å²) in [5, 5.41) is 23.8. The number of carbonyl (C=O) groups excluding carboxylic acids is 1. The van der Waals surface area contributed by atoms with Gasteiger partial charge in [0.2, 0.25) is 0 Å². The van der Waals surface area contributed by atoms with Crippen molar-refractivity contribution in [1.29, 1.82) is 0 Å². The fraction of sp³-hybridized carbons (Fsp3) is 0.360. The molecule has 2 aromatic rings. The number of ketones is 1. The van der Waals surface area contributed by atoms with Crippen LogP contribution in [0.3, 0.4) is 0 Å². The van der Waals surface area contributed by atoms with E-state index >= 15 is 0 Å². The van der Waals surface area contributed by atoms with Gasteiger partial charge in [0.15, 0.2) is 11.6 Å². The Labute approximate surface area is 193 Å². The number of benzene rings is 2. The average Bonchev–Trinajstić information content (AvgIpc) is 2.79. The Hall–Kier alpha value is -3.13. The molecule has 0 amide bonds. The van der Waals surface area contributed by atoms with Crippen molar-refractivity contribution >= 4 is 33.1 Å². The summed E-state index contributed by atoms with van der Waals surface area (Å²) in [7, 11) is -4.19. The number of nitrogens with zero attached hydrogens (tertiary/aromatic N) is 1. The molecule has 33 heavy (non-hydrogen) atoms. The van der Waals surface area contributed by atoms with E-state index in [9.17, 15) is 23.4 Å². The van der Waals surface area contributed by atoms with Gasteiger partial charge < -0.3 is 15.5 Å². The molecule has 1 aliphatic carbocycles. The Balaban J connectivity index is 1.93. The van der Waals surface area contributed by atoms with Gasteiger partial charge in [0, 0.05) is 11.6 Å². The molecule has 1 aliphatic heterocycles. The maximum Gasteiger partial charge on any atom is 0.286 e. The van der Waals surface area contributed by atoms with Gasteiger partial charge in [0.1, 0.15) is 22.0 Å². The molecule has 0 aromatic heterocycles. The second kappa shape index (κ2) is 8.67. The molecule has 0 saturated carbocycles. The van der Waals surface area contributed by atoms with Crippen LogP contribution in [0.1, 0.15) is 63.5 Å². The molecule has 1 heterocycles. The van der Waals surface area contributed by atoms with Crippen molar-refractivity contribution in [1.82, 2.24) is 0 Å². The molecule has 3 N–H and O–H groups in total. The molecule has 4 rings (SSSR count). The first-order chi connectivity index (χ1) is 15.7. The molecule has 0 saturated heterocycles. The van der Waals surface area contributed by atoms with Gasteiger partial charge in [-0.3, -0.25) is 4.79 Å². The number of nitrogens with one attached hydrogen (secondary N) is 1. The van der Waals surface area contributed by atoms with E-state index in [0.717, 1.165) is 37.3 Å². The number of hydrogen-bond donors (Lipinski definition) is 3. The van der Waals surface area contributed by atoms with Gasteiger partial charge in [-0.1, -0.05) is 63.8 Å². The van der Waals surface area contributed by atoms with E-state index in [4.69, 9.17) is 0 Å². The van der Waals surface area contributed by atoms with Crippen molar-refractivity contribution in [3.63, 3.8) is 0 Å². The number of fused-ring (bicyclic) bond motifs is 2. The standard InChI is InChI=1S/C25H28N2O5S/c1-3-5-13-25(14-6-4-2)18-10-8-7-9-17(18)22(29)21(23(25)30)24-26-19-12-11-16(28)15-20(19)33(31,32)27-24/h7-12,15,28-29H,3-6,13-14H2,1-2H3,(H,26,27). The molecule has 2 aliphatic rings. The number of aliphatic hydroxyl groups is 1. The maximum absolute atomic E-state index is 14.1. The van der Waals surface area contributed by atoms with Gasteiger partial charge in [-0.2, -0.15) is 8.42 Å². The zero-order chi connectivity index (χ0) is 23.8. The lowest BCUT2D eigenvalue weighted by molar-refractivity contribution is -0.121. The fourth-order valence-corrected chi connectivity index (χ4v) is 5.91. The van der Waals surface area contributed by atoms with Crippen LogP contribution in [0.5, 0.6) is 5.75 Å². The quantitative estimate of drug-likeness (QED) is 0.488. The second-order valence-corrected chi connectivity index (χ2v) is 10.2. The van der Waals surface area contributed by atoms with E-state index in [0.29, 0.717) is 18.4 Å². The lowest BCUT2D eigenvalue weighted by Crippen LogP contribution is -2.44. The van der Waals surface area contributed by atoms with Crippen molar-refractivity contribution in [2.75, 3.05) is 5.32 Å². The zero-order valence-corrected chi connectivity index (χ0v) is 19.6. The van der Waals surface area contributed by atoms with Crippen molar-refractivity contribution < 1.29 is 23.4 Å². The molecule has 0 atom stereocenters. The highest BCUT2D eigenvalue weighted by atomic mass is 32.2.